The SMILES string of the molecule is COCc1ccc(CN[C@@H]2CN(C)C[C@H]2c2cncn2C)o1. The maximum absolute atomic E-state index is 5.74. The summed E-state index contributed by atoms with van der Waals surface area (Å²) in [6, 6.07) is 4.38. The zero-order valence-corrected chi connectivity index (χ0v) is 13.5. The van der Waals surface area contributed by atoms with Crippen LogP contribution in [0.1, 0.15) is 23.1 Å². The first-order chi connectivity index (χ1) is 10.7. The fourth-order valence-electron chi connectivity index (χ4n) is 3.20. The van der Waals surface area contributed by atoms with Gasteiger partial charge in [0.2, 0.25) is 0 Å². The van der Waals surface area contributed by atoms with Crippen LogP contribution in [0.4, 0.5) is 0 Å². The molecule has 0 bridgehead atoms. The van der Waals surface area contributed by atoms with E-state index in [1.54, 1.807) is 7.11 Å². The molecule has 0 saturated carbocycles. The highest BCUT2D eigenvalue weighted by Crippen LogP contribution is 2.26. The lowest BCUT2D eigenvalue weighted by Gasteiger charge is -2.19. The Kier molecular flexibility index (Phi) is 4.61. The number of likely N-dealkylation sites (tertiary alicyclic amines) is 1. The molecule has 0 aliphatic carbocycles. The molecule has 3 heterocycles. The van der Waals surface area contributed by atoms with E-state index in [4.69, 9.17) is 9.15 Å². The van der Waals surface area contributed by atoms with Crippen LogP contribution in [0, 0.1) is 0 Å². The normalized spacial score (nSPS) is 22.5. The monoisotopic (exact) mass is 304 g/mol. The molecule has 2 aromatic heterocycles. The summed E-state index contributed by atoms with van der Waals surface area (Å²) in [5.74, 6) is 2.27. The van der Waals surface area contributed by atoms with Gasteiger partial charge in [-0.25, -0.2) is 4.98 Å². The highest BCUT2D eigenvalue weighted by Gasteiger charge is 2.33. The lowest BCUT2D eigenvalue weighted by atomic mass is 10.00. The van der Waals surface area contributed by atoms with Gasteiger partial charge in [0.1, 0.15) is 18.1 Å². The summed E-state index contributed by atoms with van der Waals surface area (Å²) in [5.41, 5.74) is 1.28. The highest BCUT2D eigenvalue weighted by atomic mass is 16.5. The molecular weight excluding hydrogens is 280 g/mol. The molecule has 1 N–H and O–H groups in total. The van der Waals surface area contributed by atoms with E-state index in [0.29, 0.717) is 18.6 Å². The van der Waals surface area contributed by atoms with E-state index in [9.17, 15) is 0 Å². The fraction of sp³-hybridized carbons (Fsp3) is 0.562. The quantitative estimate of drug-likeness (QED) is 0.873. The van der Waals surface area contributed by atoms with Gasteiger partial charge in [-0.15, -0.1) is 0 Å². The zero-order chi connectivity index (χ0) is 15.5. The van der Waals surface area contributed by atoms with Crippen LogP contribution in [-0.2, 0) is 24.9 Å². The van der Waals surface area contributed by atoms with Gasteiger partial charge in [0.15, 0.2) is 0 Å². The molecule has 22 heavy (non-hydrogen) atoms. The van der Waals surface area contributed by atoms with E-state index >= 15 is 0 Å². The van der Waals surface area contributed by atoms with E-state index in [1.807, 2.05) is 24.7 Å². The highest BCUT2D eigenvalue weighted by molar-refractivity contribution is 5.14. The third kappa shape index (κ3) is 3.24. The molecule has 0 radical (unpaired) electrons. The van der Waals surface area contributed by atoms with Crippen molar-refractivity contribution in [2.24, 2.45) is 7.05 Å². The van der Waals surface area contributed by atoms with E-state index in [-0.39, 0.29) is 0 Å². The van der Waals surface area contributed by atoms with Gasteiger partial charge in [0, 0.05) is 51.1 Å². The first-order valence-corrected chi connectivity index (χ1v) is 7.62. The fourth-order valence-corrected chi connectivity index (χ4v) is 3.20. The minimum atomic E-state index is 0.399. The molecule has 2 atom stereocenters. The van der Waals surface area contributed by atoms with Crippen molar-refractivity contribution >= 4 is 0 Å². The van der Waals surface area contributed by atoms with Crippen LogP contribution in [0.25, 0.3) is 0 Å². The topological polar surface area (TPSA) is 55.5 Å². The van der Waals surface area contributed by atoms with E-state index < -0.39 is 0 Å². The predicted octanol–water partition coefficient (Wildman–Crippen LogP) is 1.35. The molecule has 2 aromatic rings. The third-order valence-corrected chi connectivity index (χ3v) is 4.28. The van der Waals surface area contributed by atoms with Crippen molar-refractivity contribution in [3.8, 4) is 0 Å². The number of hydrogen-bond donors (Lipinski definition) is 1. The first-order valence-electron chi connectivity index (χ1n) is 7.62. The third-order valence-electron chi connectivity index (χ3n) is 4.28. The van der Waals surface area contributed by atoms with Crippen molar-refractivity contribution < 1.29 is 9.15 Å². The molecule has 0 aromatic carbocycles. The van der Waals surface area contributed by atoms with Gasteiger partial charge >= 0.3 is 0 Å². The zero-order valence-electron chi connectivity index (χ0n) is 13.5. The Morgan fingerprint density at radius 1 is 1.32 bits per heavy atom. The minimum absolute atomic E-state index is 0.399. The van der Waals surface area contributed by atoms with Crippen molar-refractivity contribution in [1.29, 1.82) is 0 Å². The number of nitrogens with one attached hydrogen (secondary N) is 1. The van der Waals surface area contributed by atoms with Gasteiger partial charge in [0.25, 0.3) is 0 Å². The van der Waals surface area contributed by atoms with Crippen molar-refractivity contribution in [1.82, 2.24) is 19.8 Å². The van der Waals surface area contributed by atoms with Crippen molar-refractivity contribution in [3.63, 3.8) is 0 Å². The molecule has 120 valence electrons. The molecule has 0 spiro atoms. The van der Waals surface area contributed by atoms with Crippen molar-refractivity contribution in [3.05, 3.63) is 41.9 Å². The summed E-state index contributed by atoms with van der Waals surface area (Å²) in [7, 11) is 5.89. The number of hydrogen-bond acceptors (Lipinski definition) is 5. The second-order valence-electron chi connectivity index (χ2n) is 6.05. The number of methoxy groups -OCH3 is 1. The van der Waals surface area contributed by atoms with Gasteiger partial charge in [0.05, 0.1) is 12.9 Å². The van der Waals surface area contributed by atoms with Gasteiger partial charge in [-0.3, -0.25) is 0 Å². The summed E-state index contributed by atoms with van der Waals surface area (Å²) in [6.45, 7) is 3.33. The maximum atomic E-state index is 5.74. The molecule has 0 amide bonds. The van der Waals surface area contributed by atoms with Crippen LogP contribution >= 0.6 is 0 Å². The Morgan fingerprint density at radius 3 is 2.86 bits per heavy atom. The van der Waals surface area contributed by atoms with E-state index in [0.717, 1.165) is 31.2 Å². The molecular formula is C16H24N4O2. The predicted molar refractivity (Wildman–Crippen MR) is 83.5 cm³/mol. The van der Waals surface area contributed by atoms with E-state index in [2.05, 4.69) is 33.9 Å². The lowest BCUT2D eigenvalue weighted by Crippen LogP contribution is -2.35. The average Bonchev–Trinajstić information content (AvgIpc) is 3.18. The van der Waals surface area contributed by atoms with Crippen LogP contribution in [0.5, 0.6) is 0 Å². The summed E-state index contributed by atoms with van der Waals surface area (Å²) >= 11 is 0. The summed E-state index contributed by atoms with van der Waals surface area (Å²) in [4.78, 5) is 6.61. The maximum Gasteiger partial charge on any atom is 0.129 e. The Hall–Kier alpha value is -1.63. The number of imidazole rings is 1. The molecule has 6 nitrogen and oxygen atoms in total. The summed E-state index contributed by atoms with van der Waals surface area (Å²) in [6.07, 6.45) is 3.84. The first kappa shape index (κ1) is 15.3. The Bertz CT molecular complexity index is 607. The van der Waals surface area contributed by atoms with Crippen LogP contribution in [0.3, 0.4) is 0 Å². The average molecular weight is 304 g/mol. The number of rotatable bonds is 6. The molecule has 3 rings (SSSR count). The smallest absolute Gasteiger partial charge is 0.129 e. The molecule has 1 saturated heterocycles. The van der Waals surface area contributed by atoms with E-state index in [1.165, 1.54) is 5.69 Å². The second-order valence-corrected chi connectivity index (χ2v) is 6.05. The molecule has 1 aliphatic rings. The van der Waals surface area contributed by atoms with Crippen LogP contribution in [-0.4, -0.2) is 47.7 Å². The van der Waals surface area contributed by atoms with Crippen molar-refractivity contribution in [2.75, 3.05) is 27.2 Å². The second kappa shape index (κ2) is 6.64. The van der Waals surface area contributed by atoms with Gasteiger partial charge in [-0.05, 0) is 19.2 Å². The number of likely N-dealkylation sites (N-methyl/N-ethyl adjacent to an activating group) is 1. The Labute approximate surface area is 131 Å². The van der Waals surface area contributed by atoms with Crippen LogP contribution < -0.4 is 5.32 Å². The van der Waals surface area contributed by atoms with Gasteiger partial charge in [-0.1, -0.05) is 0 Å². The molecule has 0 unspecified atom stereocenters. The van der Waals surface area contributed by atoms with Crippen LogP contribution in [0.15, 0.2) is 29.1 Å². The van der Waals surface area contributed by atoms with Gasteiger partial charge < -0.3 is 23.9 Å². The minimum Gasteiger partial charge on any atom is -0.462 e. The standard InChI is InChI=1S/C16H24N4O2/c1-19-8-14(16-7-17-11-20(16)2)15(9-19)18-6-12-4-5-13(22-12)10-21-3/h4-5,7,11,14-15,18H,6,8-10H2,1-3H3/t14-,15-/m1/s1. The number of nitrogens with zero attached hydrogens (tertiary/aromatic N) is 3. The number of ether oxygens (including phenoxy) is 1. The molecule has 1 fully saturated rings. The summed E-state index contributed by atoms with van der Waals surface area (Å²) < 4.78 is 12.9. The summed E-state index contributed by atoms with van der Waals surface area (Å²) in [5, 5.41) is 3.63. The van der Waals surface area contributed by atoms with Crippen molar-refractivity contribution in [2.45, 2.75) is 25.1 Å². The number of aromatic nitrogens is 2. The Balaban J connectivity index is 1.63. The molecule has 6 heteroatoms. The Morgan fingerprint density at radius 2 is 2.14 bits per heavy atom. The number of aryl methyl sites for hydroxylation is 1. The molecule has 1 aliphatic heterocycles. The number of furan rings is 1. The van der Waals surface area contributed by atoms with Gasteiger partial charge in [-0.2, -0.15) is 0 Å². The van der Waals surface area contributed by atoms with Crippen LogP contribution in [0.2, 0.25) is 0 Å². The lowest BCUT2D eigenvalue weighted by molar-refractivity contribution is 0.162. The largest absolute Gasteiger partial charge is 0.462 e.